The molecule has 0 spiro atoms. The number of hydroxylamine groups is 1. The number of rotatable bonds is 10. The molecule has 3 N–H and O–H groups in total. The van der Waals surface area contributed by atoms with Crippen molar-refractivity contribution in [3.63, 3.8) is 0 Å². The summed E-state index contributed by atoms with van der Waals surface area (Å²) < 4.78 is 59.9. The van der Waals surface area contributed by atoms with E-state index in [0.29, 0.717) is 80.5 Å². The third-order valence-corrected chi connectivity index (χ3v) is 7.35. The summed E-state index contributed by atoms with van der Waals surface area (Å²) in [4.78, 5) is 18.9. The zero-order valence-corrected chi connectivity index (χ0v) is 21.0. The molecule has 0 bridgehead atoms. The molecule has 2 heterocycles. The zero-order valence-electron chi connectivity index (χ0n) is 21.0. The third-order valence-electron chi connectivity index (χ3n) is 7.35. The van der Waals surface area contributed by atoms with Gasteiger partial charge in [-0.05, 0) is 69.0 Å². The number of benzene rings is 2. The number of anilines is 1. The largest absolute Gasteiger partial charge is 0.497 e. The molecule has 38 heavy (non-hydrogen) atoms. The summed E-state index contributed by atoms with van der Waals surface area (Å²) in [5, 5.41) is 13.0. The van der Waals surface area contributed by atoms with E-state index in [2.05, 4.69) is 15.2 Å². The SMILES string of the molecule is COc1ccc2ncc(F)c(CCCC3(C(=O)NO)CCN(CCNc4cc(F)c(F)c(F)c4)CC3)c2c1. The maximum atomic E-state index is 14.7. The Labute approximate surface area is 217 Å². The summed E-state index contributed by atoms with van der Waals surface area (Å²) in [5.41, 5.74) is 2.29. The molecule has 0 unspecified atom stereocenters. The van der Waals surface area contributed by atoms with E-state index in [1.165, 1.54) is 13.3 Å². The first-order valence-electron chi connectivity index (χ1n) is 12.4. The number of carbonyl (C=O) groups excluding carboxylic acids is 1. The first kappa shape index (κ1) is 27.6. The summed E-state index contributed by atoms with van der Waals surface area (Å²) in [6.07, 6.45) is 3.51. The van der Waals surface area contributed by atoms with Gasteiger partial charge in [-0.3, -0.25) is 15.0 Å². The number of ether oxygens (including phenoxy) is 1. The molecule has 4 rings (SSSR count). The quantitative estimate of drug-likeness (QED) is 0.150. The molecule has 1 amide bonds. The minimum absolute atomic E-state index is 0.140. The Balaban J connectivity index is 1.35. The van der Waals surface area contributed by atoms with Crippen molar-refractivity contribution in [2.45, 2.75) is 32.1 Å². The number of amides is 1. The number of hydrogen-bond acceptors (Lipinski definition) is 6. The van der Waals surface area contributed by atoms with Crippen molar-refractivity contribution in [2.75, 3.05) is 38.6 Å². The van der Waals surface area contributed by atoms with Crippen molar-refractivity contribution in [1.82, 2.24) is 15.4 Å². The van der Waals surface area contributed by atoms with Crippen molar-refractivity contribution < 1.29 is 32.3 Å². The number of fused-ring (bicyclic) bond motifs is 1. The predicted molar refractivity (Wildman–Crippen MR) is 134 cm³/mol. The lowest BCUT2D eigenvalue weighted by Crippen LogP contribution is -2.49. The number of likely N-dealkylation sites (tertiary alicyclic amines) is 1. The summed E-state index contributed by atoms with van der Waals surface area (Å²) in [5.74, 6) is -4.32. The average Bonchev–Trinajstić information content (AvgIpc) is 2.93. The maximum Gasteiger partial charge on any atom is 0.249 e. The summed E-state index contributed by atoms with van der Waals surface area (Å²) in [6, 6.07) is 7.08. The van der Waals surface area contributed by atoms with Crippen LogP contribution in [0.2, 0.25) is 0 Å². The second-order valence-corrected chi connectivity index (χ2v) is 9.56. The van der Waals surface area contributed by atoms with Crippen molar-refractivity contribution in [3.8, 4) is 5.75 Å². The number of aryl methyl sites for hydroxylation is 1. The number of aromatic nitrogens is 1. The molecule has 1 saturated heterocycles. The van der Waals surface area contributed by atoms with Crippen LogP contribution in [-0.2, 0) is 11.2 Å². The van der Waals surface area contributed by atoms with Gasteiger partial charge in [-0.25, -0.2) is 23.0 Å². The Bertz CT molecular complexity index is 1280. The van der Waals surface area contributed by atoms with Gasteiger partial charge >= 0.3 is 0 Å². The smallest absolute Gasteiger partial charge is 0.249 e. The number of piperidine rings is 1. The first-order valence-corrected chi connectivity index (χ1v) is 12.4. The van der Waals surface area contributed by atoms with Gasteiger partial charge in [-0.15, -0.1) is 0 Å². The number of halogens is 4. The summed E-state index contributed by atoms with van der Waals surface area (Å²) in [7, 11) is 1.54. The van der Waals surface area contributed by atoms with Crippen LogP contribution in [0.15, 0.2) is 36.5 Å². The lowest BCUT2D eigenvalue weighted by Gasteiger charge is -2.40. The molecule has 1 fully saturated rings. The highest BCUT2D eigenvalue weighted by Crippen LogP contribution is 2.37. The number of carbonyl (C=O) groups is 1. The topological polar surface area (TPSA) is 86.7 Å². The number of nitrogens with one attached hydrogen (secondary N) is 2. The van der Waals surface area contributed by atoms with E-state index in [9.17, 15) is 27.6 Å². The molecule has 0 saturated carbocycles. The molecule has 1 aromatic heterocycles. The number of hydrogen-bond donors (Lipinski definition) is 3. The Kier molecular flexibility index (Phi) is 8.68. The molecule has 0 atom stereocenters. The Morgan fingerprint density at radius 1 is 1.11 bits per heavy atom. The molecule has 2 aromatic carbocycles. The van der Waals surface area contributed by atoms with Crippen molar-refractivity contribution in [3.05, 3.63) is 65.4 Å². The van der Waals surface area contributed by atoms with Gasteiger partial charge in [0, 0.05) is 36.3 Å². The lowest BCUT2D eigenvalue weighted by atomic mass is 9.73. The predicted octanol–water partition coefficient (Wildman–Crippen LogP) is 4.82. The van der Waals surface area contributed by atoms with Gasteiger partial charge in [0.05, 0.1) is 24.2 Å². The molecular formula is C27H30F4N4O3. The molecule has 11 heteroatoms. The van der Waals surface area contributed by atoms with E-state index in [0.717, 1.165) is 12.1 Å². The molecule has 7 nitrogen and oxygen atoms in total. The van der Waals surface area contributed by atoms with E-state index in [1.807, 2.05) is 0 Å². The van der Waals surface area contributed by atoms with E-state index in [-0.39, 0.29) is 5.69 Å². The Morgan fingerprint density at radius 3 is 2.47 bits per heavy atom. The van der Waals surface area contributed by atoms with Crippen LogP contribution in [0.25, 0.3) is 10.9 Å². The number of methoxy groups -OCH3 is 1. The maximum absolute atomic E-state index is 14.7. The number of pyridine rings is 1. The van der Waals surface area contributed by atoms with Gasteiger partial charge in [-0.1, -0.05) is 0 Å². The highest BCUT2D eigenvalue weighted by Gasteiger charge is 2.40. The highest BCUT2D eigenvalue weighted by molar-refractivity contribution is 5.84. The van der Waals surface area contributed by atoms with Crippen molar-refractivity contribution in [2.24, 2.45) is 5.41 Å². The molecule has 3 aromatic rings. The monoisotopic (exact) mass is 534 g/mol. The van der Waals surface area contributed by atoms with Gasteiger partial charge in [0.1, 0.15) is 11.6 Å². The zero-order chi connectivity index (χ0) is 27.3. The van der Waals surface area contributed by atoms with E-state index in [4.69, 9.17) is 4.74 Å². The fraction of sp³-hybridized carbons (Fsp3) is 0.407. The van der Waals surface area contributed by atoms with Gasteiger partial charge in [0.25, 0.3) is 0 Å². The van der Waals surface area contributed by atoms with Gasteiger partial charge < -0.3 is 15.0 Å². The van der Waals surface area contributed by atoms with Crippen LogP contribution < -0.4 is 15.5 Å². The van der Waals surface area contributed by atoms with E-state index < -0.39 is 34.6 Å². The minimum atomic E-state index is -1.51. The van der Waals surface area contributed by atoms with Crippen LogP contribution in [0.3, 0.4) is 0 Å². The molecule has 1 aliphatic heterocycles. The highest BCUT2D eigenvalue weighted by atomic mass is 19.2. The van der Waals surface area contributed by atoms with Crippen molar-refractivity contribution >= 4 is 22.5 Å². The summed E-state index contributed by atoms with van der Waals surface area (Å²) >= 11 is 0. The normalized spacial score (nSPS) is 15.4. The second-order valence-electron chi connectivity index (χ2n) is 9.56. The summed E-state index contributed by atoms with van der Waals surface area (Å²) in [6.45, 7) is 2.02. The van der Waals surface area contributed by atoms with Crippen LogP contribution in [0.4, 0.5) is 23.2 Å². The van der Waals surface area contributed by atoms with Crippen LogP contribution in [-0.4, -0.2) is 54.3 Å². The van der Waals surface area contributed by atoms with Gasteiger partial charge in [0.15, 0.2) is 17.5 Å². The first-order chi connectivity index (χ1) is 18.3. The molecule has 0 radical (unpaired) electrons. The molecule has 204 valence electrons. The van der Waals surface area contributed by atoms with Crippen molar-refractivity contribution in [1.29, 1.82) is 0 Å². The van der Waals surface area contributed by atoms with Crippen LogP contribution in [0, 0.1) is 28.7 Å². The van der Waals surface area contributed by atoms with Gasteiger partial charge in [0.2, 0.25) is 5.91 Å². The minimum Gasteiger partial charge on any atom is -0.497 e. The standard InChI is InChI=1S/C27H30F4N4O3/c1-38-18-4-5-24-20(15-18)19(23(30)16-33-24)3-2-6-27(26(36)34-37)7-10-35(11-8-27)12-9-32-17-13-21(28)25(31)22(29)14-17/h4-5,13-16,32,37H,2-3,6-12H2,1H3,(H,34,36). The van der Waals surface area contributed by atoms with Crippen LogP contribution >= 0.6 is 0 Å². The molecular weight excluding hydrogens is 504 g/mol. The lowest BCUT2D eigenvalue weighted by molar-refractivity contribution is -0.143. The van der Waals surface area contributed by atoms with Gasteiger partial charge in [-0.2, -0.15) is 0 Å². The fourth-order valence-corrected chi connectivity index (χ4v) is 5.12. The van der Waals surface area contributed by atoms with Crippen LogP contribution in [0.1, 0.15) is 31.2 Å². The fourth-order valence-electron chi connectivity index (χ4n) is 5.12. The molecule has 1 aliphatic rings. The van der Waals surface area contributed by atoms with E-state index in [1.54, 1.807) is 23.7 Å². The molecule has 0 aliphatic carbocycles. The average molecular weight is 535 g/mol. The second kappa shape index (κ2) is 12.0. The Hall–Kier alpha value is -3.44. The number of nitrogens with zero attached hydrogens (tertiary/aromatic N) is 2. The van der Waals surface area contributed by atoms with E-state index >= 15 is 0 Å². The third kappa shape index (κ3) is 5.99. The van der Waals surface area contributed by atoms with Crippen LogP contribution in [0.5, 0.6) is 5.75 Å². The Morgan fingerprint density at radius 2 is 1.82 bits per heavy atom.